The van der Waals surface area contributed by atoms with Crippen LogP contribution in [0, 0.1) is 0 Å². The van der Waals surface area contributed by atoms with Crippen LogP contribution in [0.15, 0.2) is 47.8 Å². The lowest BCUT2D eigenvalue weighted by atomic mass is 10.1. The number of methoxy groups -OCH3 is 2. The predicted molar refractivity (Wildman–Crippen MR) is 113 cm³/mol. The summed E-state index contributed by atoms with van der Waals surface area (Å²) in [6.45, 7) is 0.428. The fraction of sp³-hybridized carbons (Fsp3) is 0.273. The third-order valence-electron chi connectivity index (χ3n) is 4.56. The molecule has 2 aromatic carbocycles. The molecule has 1 aromatic heterocycles. The van der Waals surface area contributed by atoms with Crippen molar-refractivity contribution in [2.24, 2.45) is 0 Å². The monoisotopic (exact) mass is 450 g/mol. The minimum absolute atomic E-state index is 0.0941. The minimum atomic E-state index is -4.37. The highest BCUT2D eigenvalue weighted by Crippen LogP contribution is 2.32. The molecule has 0 aliphatic rings. The molecular weight excluding hydrogens is 429 g/mol. The van der Waals surface area contributed by atoms with E-state index < -0.39 is 11.7 Å². The summed E-state index contributed by atoms with van der Waals surface area (Å²) in [5, 5.41) is 5.15. The topological polar surface area (TPSA) is 60.5 Å². The van der Waals surface area contributed by atoms with Gasteiger partial charge < -0.3 is 14.8 Å². The van der Waals surface area contributed by atoms with Crippen LogP contribution in [0.25, 0.3) is 10.6 Å². The molecule has 1 amide bonds. The third-order valence-corrected chi connectivity index (χ3v) is 5.50. The first kappa shape index (κ1) is 22.6. The molecule has 9 heteroatoms. The Kier molecular flexibility index (Phi) is 7.17. The molecule has 0 saturated heterocycles. The fourth-order valence-corrected chi connectivity index (χ4v) is 3.77. The van der Waals surface area contributed by atoms with E-state index in [0.29, 0.717) is 40.7 Å². The van der Waals surface area contributed by atoms with E-state index >= 15 is 0 Å². The Hall–Kier alpha value is -3.07. The van der Waals surface area contributed by atoms with Crippen LogP contribution in [-0.4, -0.2) is 31.7 Å². The van der Waals surface area contributed by atoms with Crippen molar-refractivity contribution in [3.05, 3.63) is 64.7 Å². The Balaban J connectivity index is 1.53. The summed E-state index contributed by atoms with van der Waals surface area (Å²) in [6, 6.07) is 10.3. The van der Waals surface area contributed by atoms with Gasteiger partial charge in [-0.1, -0.05) is 18.2 Å². The van der Waals surface area contributed by atoms with E-state index in [0.717, 1.165) is 17.7 Å². The average molecular weight is 450 g/mol. The molecule has 5 nitrogen and oxygen atoms in total. The normalized spacial score (nSPS) is 11.3. The van der Waals surface area contributed by atoms with E-state index in [1.807, 2.05) is 12.1 Å². The van der Waals surface area contributed by atoms with E-state index in [1.165, 1.54) is 23.5 Å². The second-order valence-corrected chi connectivity index (χ2v) is 7.53. The van der Waals surface area contributed by atoms with Crippen molar-refractivity contribution in [3.63, 3.8) is 0 Å². The summed E-state index contributed by atoms with van der Waals surface area (Å²) in [6.07, 6.45) is -3.69. The SMILES string of the molecule is COc1ccc(CCNC(=O)Cc2csc(-c3ccc(C(F)(F)F)cc3)n2)c(OC)c1. The van der Waals surface area contributed by atoms with Crippen LogP contribution in [0.3, 0.4) is 0 Å². The van der Waals surface area contributed by atoms with Crippen LogP contribution in [-0.2, 0) is 23.8 Å². The molecule has 0 unspecified atom stereocenters. The Morgan fingerprint density at radius 1 is 1.10 bits per heavy atom. The zero-order chi connectivity index (χ0) is 22.4. The van der Waals surface area contributed by atoms with Crippen LogP contribution < -0.4 is 14.8 Å². The second-order valence-electron chi connectivity index (χ2n) is 6.67. The van der Waals surface area contributed by atoms with E-state index in [9.17, 15) is 18.0 Å². The summed E-state index contributed by atoms with van der Waals surface area (Å²) < 4.78 is 48.6. The maximum atomic E-state index is 12.7. The van der Waals surface area contributed by atoms with Gasteiger partial charge in [-0.3, -0.25) is 4.79 Å². The Morgan fingerprint density at radius 3 is 2.48 bits per heavy atom. The van der Waals surface area contributed by atoms with E-state index in [2.05, 4.69) is 10.3 Å². The number of alkyl halides is 3. The van der Waals surface area contributed by atoms with Crippen molar-refractivity contribution in [3.8, 4) is 22.1 Å². The number of benzene rings is 2. The second kappa shape index (κ2) is 9.82. The number of hydrogen-bond donors (Lipinski definition) is 1. The van der Waals surface area contributed by atoms with Crippen LogP contribution in [0.1, 0.15) is 16.8 Å². The molecule has 0 atom stereocenters. The first-order valence-corrected chi connectivity index (χ1v) is 10.3. The number of nitrogens with one attached hydrogen (secondary N) is 1. The van der Waals surface area contributed by atoms with Crippen molar-refractivity contribution >= 4 is 17.2 Å². The maximum Gasteiger partial charge on any atom is 0.416 e. The summed E-state index contributed by atoms with van der Waals surface area (Å²) in [5.74, 6) is 1.20. The first-order valence-electron chi connectivity index (χ1n) is 9.40. The largest absolute Gasteiger partial charge is 0.497 e. The summed E-state index contributed by atoms with van der Waals surface area (Å²) in [4.78, 5) is 16.6. The zero-order valence-corrected chi connectivity index (χ0v) is 17.8. The molecule has 164 valence electrons. The van der Waals surface area contributed by atoms with Crippen LogP contribution in [0.2, 0.25) is 0 Å². The molecular formula is C22H21F3N2O3S. The van der Waals surface area contributed by atoms with E-state index in [-0.39, 0.29) is 12.3 Å². The lowest BCUT2D eigenvalue weighted by Gasteiger charge is -2.11. The predicted octanol–water partition coefficient (Wildman–Crippen LogP) is 4.75. The molecule has 0 radical (unpaired) electrons. The lowest BCUT2D eigenvalue weighted by Crippen LogP contribution is -2.27. The highest BCUT2D eigenvalue weighted by atomic mass is 32.1. The summed E-state index contributed by atoms with van der Waals surface area (Å²) in [7, 11) is 3.16. The minimum Gasteiger partial charge on any atom is -0.497 e. The molecule has 0 fully saturated rings. The van der Waals surface area contributed by atoms with Gasteiger partial charge >= 0.3 is 6.18 Å². The van der Waals surface area contributed by atoms with Gasteiger partial charge in [0, 0.05) is 23.6 Å². The van der Waals surface area contributed by atoms with Gasteiger partial charge in [0.05, 0.1) is 31.9 Å². The van der Waals surface area contributed by atoms with Gasteiger partial charge in [-0.05, 0) is 30.2 Å². The van der Waals surface area contributed by atoms with Crippen LogP contribution in [0.4, 0.5) is 13.2 Å². The Bertz CT molecular complexity index is 1030. The quantitative estimate of drug-likeness (QED) is 0.538. The number of hydrogen-bond acceptors (Lipinski definition) is 5. The Morgan fingerprint density at radius 2 is 1.84 bits per heavy atom. The molecule has 0 saturated carbocycles. The van der Waals surface area contributed by atoms with Crippen molar-refractivity contribution in [1.29, 1.82) is 0 Å². The molecule has 0 spiro atoms. The van der Waals surface area contributed by atoms with E-state index in [4.69, 9.17) is 9.47 Å². The third kappa shape index (κ3) is 5.97. The van der Waals surface area contributed by atoms with Gasteiger partial charge in [-0.2, -0.15) is 13.2 Å². The number of nitrogens with zero attached hydrogens (tertiary/aromatic N) is 1. The zero-order valence-electron chi connectivity index (χ0n) is 17.0. The number of thiazole rings is 1. The summed E-state index contributed by atoms with van der Waals surface area (Å²) >= 11 is 1.29. The average Bonchev–Trinajstić information content (AvgIpc) is 3.21. The molecule has 1 heterocycles. The Labute approximate surface area is 181 Å². The molecule has 0 bridgehead atoms. The number of halogens is 3. The molecule has 1 N–H and O–H groups in total. The number of carbonyl (C=O) groups excluding carboxylic acids is 1. The molecule has 0 aliphatic heterocycles. The number of amides is 1. The molecule has 3 rings (SSSR count). The van der Waals surface area contributed by atoms with Crippen LogP contribution in [0.5, 0.6) is 11.5 Å². The van der Waals surface area contributed by atoms with Gasteiger partial charge in [0.2, 0.25) is 5.91 Å². The van der Waals surface area contributed by atoms with Crippen molar-refractivity contribution in [2.45, 2.75) is 19.0 Å². The molecule has 0 aliphatic carbocycles. The number of rotatable bonds is 8. The van der Waals surface area contributed by atoms with Crippen molar-refractivity contribution in [1.82, 2.24) is 10.3 Å². The highest BCUT2D eigenvalue weighted by Gasteiger charge is 2.30. The fourth-order valence-electron chi connectivity index (χ4n) is 2.94. The maximum absolute atomic E-state index is 12.7. The van der Waals surface area contributed by atoms with Crippen molar-refractivity contribution < 1.29 is 27.4 Å². The molecule has 3 aromatic rings. The van der Waals surface area contributed by atoms with Gasteiger partial charge in [-0.25, -0.2) is 4.98 Å². The number of carbonyl (C=O) groups is 1. The van der Waals surface area contributed by atoms with Gasteiger partial charge in [0.25, 0.3) is 0 Å². The lowest BCUT2D eigenvalue weighted by molar-refractivity contribution is -0.137. The first-order chi connectivity index (χ1) is 14.8. The number of aromatic nitrogens is 1. The standard InChI is InChI=1S/C22H21F3N2O3S/c1-29-18-8-5-14(19(12-18)30-2)9-10-26-20(28)11-17-13-31-21(27-17)15-3-6-16(7-4-15)22(23,24)25/h3-8,12-13H,9-11H2,1-2H3,(H,26,28). The molecule has 31 heavy (non-hydrogen) atoms. The van der Waals surface area contributed by atoms with Gasteiger partial charge in [-0.15, -0.1) is 11.3 Å². The smallest absolute Gasteiger partial charge is 0.416 e. The van der Waals surface area contributed by atoms with Crippen molar-refractivity contribution in [2.75, 3.05) is 20.8 Å². The number of ether oxygens (including phenoxy) is 2. The highest BCUT2D eigenvalue weighted by molar-refractivity contribution is 7.13. The van der Waals surface area contributed by atoms with Gasteiger partial charge in [0.1, 0.15) is 16.5 Å². The van der Waals surface area contributed by atoms with Crippen LogP contribution >= 0.6 is 11.3 Å². The van der Waals surface area contributed by atoms with E-state index in [1.54, 1.807) is 25.7 Å². The summed E-state index contributed by atoms with van der Waals surface area (Å²) in [5.41, 5.74) is 1.39. The van der Waals surface area contributed by atoms with Gasteiger partial charge in [0.15, 0.2) is 0 Å².